The molecule has 0 aliphatic heterocycles. The van der Waals surface area contributed by atoms with Gasteiger partial charge in [0.25, 0.3) is 11.5 Å². The third kappa shape index (κ3) is 3.48. The monoisotopic (exact) mass is 352 g/mol. The molecular formula is C19H20N4O3. The Bertz CT molecular complexity index is 952. The van der Waals surface area contributed by atoms with Crippen LogP contribution in [0, 0.1) is 0 Å². The second-order valence-corrected chi connectivity index (χ2v) is 5.90. The number of pyridine rings is 2. The standard InChI is InChI=1S/C19H20N4O3/c1-2-15(13-24)23(12-14-7-3-5-9-20-14)19(26)16-11-21-17-8-4-6-10-22(17)18(16)25/h3-11,15,24H,2,12-13H2,1H3. The van der Waals surface area contributed by atoms with E-state index in [9.17, 15) is 14.7 Å². The second kappa shape index (κ2) is 7.88. The Morgan fingerprint density at radius 1 is 1.23 bits per heavy atom. The lowest BCUT2D eigenvalue weighted by Gasteiger charge is -2.29. The van der Waals surface area contributed by atoms with E-state index in [1.165, 1.54) is 15.5 Å². The van der Waals surface area contributed by atoms with Gasteiger partial charge in [0.15, 0.2) is 0 Å². The molecule has 3 aromatic rings. The number of fused-ring (bicyclic) bond motifs is 1. The van der Waals surface area contributed by atoms with Gasteiger partial charge in [-0.1, -0.05) is 19.1 Å². The zero-order valence-electron chi connectivity index (χ0n) is 14.4. The third-order valence-electron chi connectivity index (χ3n) is 4.29. The van der Waals surface area contributed by atoms with Gasteiger partial charge in [0.2, 0.25) is 0 Å². The zero-order chi connectivity index (χ0) is 18.5. The fourth-order valence-corrected chi connectivity index (χ4v) is 2.81. The smallest absolute Gasteiger partial charge is 0.270 e. The summed E-state index contributed by atoms with van der Waals surface area (Å²) in [5.74, 6) is -0.465. The molecule has 3 heterocycles. The highest BCUT2D eigenvalue weighted by Gasteiger charge is 2.26. The van der Waals surface area contributed by atoms with Gasteiger partial charge >= 0.3 is 0 Å². The van der Waals surface area contributed by atoms with Crippen molar-refractivity contribution in [2.45, 2.75) is 25.9 Å². The molecule has 0 aromatic carbocycles. The normalized spacial score (nSPS) is 12.1. The van der Waals surface area contributed by atoms with Crippen LogP contribution in [0.1, 0.15) is 29.4 Å². The van der Waals surface area contributed by atoms with Gasteiger partial charge in [-0.15, -0.1) is 0 Å². The van der Waals surface area contributed by atoms with Gasteiger partial charge in [0.1, 0.15) is 11.2 Å². The number of hydrogen-bond donors (Lipinski definition) is 1. The van der Waals surface area contributed by atoms with Crippen LogP contribution in [0.4, 0.5) is 0 Å². The first-order valence-corrected chi connectivity index (χ1v) is 8.43. The van der Waals surface area contributed by atoms with E-state index in [-0.39, 0.29) is 18.7 Å². The molecule has 3 rings (SSSR count). The van der Waals surface area contributed by atoms with Crippen LogP contribution >= 0.6 is 0 Å². The van der Waals surface area contributed by atoms with Crippen molar-refractivity contribution in [2.24, 2.45) is 0 Å². The number of aromatic nitrogens is 3. The lowest BCUT2D eigenvalue weighted by Crippen LogP contribution is -2.44. The Labute approximate surface area is 150 Å². The fraction of sp³-hybridized carbons (Fsp3) is 0.263. The number of nitrogens with zero attached hydrogens (tertiary/aromatic N) is 4. The molecule has 3 aromatic heterocycles. The first kappa shape index (κ1) is 17.8. The number of rotatable bonds is 6. The molecule has 7 nitrogen and oxygen atoms in total. The van der Waals surface area contributed by atoms with Crippen LogP contribution in [0.2, 0.25) is 0 Å². The maximum Gasteiger partial charge on any atom is 0.270 e. The molecule has 134 valence electrons. The lowest BCUT2D eigenvalue weighted by molar-refractivity contribution is 0.0558. The topological polar surface area (TPSA) is 87.8 Å². The second-order valence-electron chi connectivity index (χ2n) is 5.90. The van der Waals surface area contributed by atoms with E-state index in [2.05, 4.69) is 9.97 Å². The first-order chi connectivity index (χ1) is 12.7. The summed E-state index contributed by atoms with van der Waals surface area (Å²) in [6.07, 6.45) is 5.07. The van der Waals surface area contributed by atoms with Crippen molar-refractivity contribution >= 4 is 11.6 Å². The number of hydrogen-bond acceptors (Lipinski definition) is 5. The average molecular weight is 352 g/mol. The summed E-state index contributed by atoms with van der Waals surface area (Å²) >= 11 is 0. The molecule has 1 amide bonds. The van der Waals surface area contributed by atoms with Crippen molar-refractivity contribution in [3.05, 3.63) is 76.6 Å². The van der Waals surface area contributed by atoms with Gasteiger partial charge in [0, 0.05) is 18.6 Å². The molecule has 1 unspecified atom stereocenters. The fourth-order valence-electron chi connectivity index (χ4n) is 2.81. The first-order valence-electron chi connectivity index (χ1n) is 8.43. The molecular weight excluding hydrogens is 332 g/mol. The predicted molar refractivity (Wildman–Crippen MR) is 96.7 cm³/mol. The Morgan fingerprint density at radius 3 is 2.73 bits per heavy atom. The summed E-state index contributed by atoms with van der Waals surface area (Å²) in [6.45, 7) is 1.89. The van der Waals surface area contributed by atoms with Crippen LogP contribution in [0.5, 0.6) is 0 Å². The molecule has 0 saturated heterocycles. The van der Waals surface area contributed by atoms with E-state index in [1.807, 2.05) is 13.0 Å². The van der Waals surface area contributed by atoms with Crippen molar-refractivity contribution < 1.29 is 9.90 Å². The predicted octanol–water partition coefficient (Wildman–Crippen LogP) is 1.50. The van der Waals surface area contributed by atoms with Crippen molar-refractivity contribution in [3.8, 4) is 0 Å². The summed E-state index contributed by atoms with van der Waals surface area (Å²) in [5, 5.41) is 9.70. The van der Waals surface area contributed by atoms with E-state index >= 15 is 0 Å². The molecule has 0 radical (unpaired) electrons. The molecule has 0 saturated carbocycles. The van der Waals surface area contributed by atoms with Crippen molar-refractivity contribution in [1.82, 2.24) is 19.3 Å². The van der Waals surface area contributed by atoms with Crippen molar-refractivity contribution in [2.75, 3.05) is 6.61 Å². The molecule has 0 bridgehead atoms. The van der Waals surface area contributed by atoms with E-state index in [4.69, 9.17) is 0 Å². The van der Waals surface area contributed by atoms with Crippen LogP contribution in [-0.2, 0) is 6.54 Å². The molecule has 1 atom stereocenters. The molecule has 1 N–H and O–H groups in total. The molecule has 0 fully saturated rings. The van der Waals surface area contributed by atoms with E-state index in [1.54, 1.807) is 42.7 Å². The molecule has 0 aliphatic carbocycles. The van der Waals surface area contributed by atoms with E-state index in [0.717, 1.165) is 0 Å². The Balaban J connectivity index is 2.02. The van der Waals surface area contributed by atoms with Crippen molar-refractivity contribution in [1.29, 1.82) is 0 Å². The third-order valence-corrected chi connectivity index (χ3v) is 4.29. The molecule has 0 spiro atoms. The highest BCUT2D eigenvalue weighted by atomic mass is 16.3. The summed E-state index contributed by atoms with van der Waals surface area (Å²) in [5.41, 5.74) is 0.692. The number of aliphatic hydroxyl groups is 1. The summed E-state index contributed by atoms with van der Waals surface area (Å²) in [4.78, 5) is 35.8. The Morgan fingerprint density at radius 2 is 2.04 bits per heavy atom. The van der Waals surface area contributed by atoms with Crippen molar-refractivity contribution in [3.63, 3.8) is 0 Å². The van der Waals surface area contributed by atoms with E-state index in [0.29, 0.717) is 17.8 Å². The Hall–Kier alpha value is -3.06. The van der Waals surface area contributed by atoms with Gasteiger partial charge in [0.05, 0.1) is 24.9 Å². The summed E-state index contributed by atoms with van der Waals surface area (Å²) in [6, 6.07) is 10.2. The van der Waals surface area contributed by atoms with Gasteiger partial charge in [-0.2, -0.15) is 0 Å². The SMILES string of the molecule is CCC(CO)N(Cc1ccccn1)C(=O)c1cnc2ccccn2c1=O. The zero-order valence-corrected chi connectivity index (χ0v) is 14.4. The minimum atomic E-state index is -0.465. The summed E-state index contributed by atoms with van der Waals surface area (Å²) in [7, 11) is 0. The van der Waals surface area contributed by atoms with Gasteiger partial charge in [-0.3, -0.25) is 19.0 Å². The van der Waals surface area contributed by atoms with Crippen LogP contribution in [0.3, 0.4) is 0 Å². The minimum Gasteiger partial charge on any atom is -0.394 e. The van der Waals surface area contributed by atoms with E-state index < -0.39 is 17.5 Å². The van der Waals surface area contributed by atoms with Crippen LogP contribution in [0.15, 0.2) is 59.8 Å². The lowest BCUT2D eigenvalue weighted by atomic mass is 10.1. The van der Waals surface area contributed by atoms with Gasteiger partial charge < -0.3 is 10.0 Å². The maximum atomic E-state index is 13.1. The Kier molecular flexibility index (Phi) is 5.38. The van der Waals surface area contributed by atoms with Crippen LogP contribution in [0.25, 0.3) is 5.65 Å². The van der Waals surface area contributed by atoms with Gasteiger partial charge in [-0.25, -0.2) is 4.98 Å². The number of carbonyl (C=O) groups is 1. The minimum absolute atomic E-state index is 0.0310. The van der Waals surface area contributed by atoms with Crippen LogP contribution < -0.4 is 5.56 Å². The largest absolute Gasteiger partial charge is 0.394 e. The molecule has 7 heteroatoms. The molecule has 0 aliphatic rings. The molecule has 26 heavy (non-hydrogen) atoms. The van der Waals surface area contributed by atoms with Gasteiger partial charge in [-0.05, 0) is 30.7 Å². The number of aliphatic hydroxyl groups excluding tert-OH is 1. The van der Waals surface area contributed by atoms with Crippen LogP contribution in [-0.4, -0.2) is 42.9 Å². The maximum absolute atomic E-state index is 13.1. The summed E-state index contributed by atoms with van der Waals surface area (Å²) < 4.78 is 1.34. The highest BCUT2D eigenvalue weighted by Crippen LogP contribution is 2.13. The average Bonchev–Trinajstić information content (AvgIpc) is 2.69. The quantitative estimate of drug-likeness (QED) is 0.726. The highest BCUT2D eigenvalue weighted by molar-refractivity contribution is 5.94. The number of amides is 1. The number of carbonyl (C=O) groups excluding carboxylic acids is 1.